The van der Waals surface area contributed by atoms with Crippen molar-refractivity contribution in [2.45, 2.75) is 0 Å². The molecule has 0 aromatic carbocycles. The van der Waals surface area contributed by atoms with Gasteiger partial charge in [0.15, 0.2) is 0 Å². The lowest BCUT2D eigenvalue weighted by Gasteiger charge is -2.18. The standard InChI is InChI=1S/C16H20N2O6/c1-19-9-7-11(21-3)17-15(23-5)13(9)14-10(20-2)8-12(22-4)18-16(14)24-6/h7-8H,1-6H3. The zero-order valence-corrected chi connectivity index (χ0v) is 14.5. The lowest BCUT2D eigenvalue weighted by Crippen LogP contribution is -2.03. The van der Waals surface area contributed by atoms with Crippen LogP contribution in [-0.4, -0.2) is 52.6 Å². The molecule has 0 bridgehead atoms. The molecule has 130 valence electrons. The Hall–Kier alpha value is -2.90. The first-order valence-electron chi connectivity index (χ1n) is 6.97. The van der Waals surface area contributed by atoms with Gasteiger partial charge in [0, 0.05) is 12.1 Å². The van der Waals surface area contributed by atoms with E-state index in [1.165, 1.54) is 42.7 Å². The van der Waals surface area contributed by atoms with Crippen LogP contribution >= 0.6 is 0 Å². The van der Waals surface area contributed by atoms with Gasteiger partial charge in [-0.05, 0) is 0 Å². The van der Waals surface area contributed by atoms with E-state index in [9.17, 15) is 0 Å². The van der Waals surface area contributed by atoms with Gasteiger partial charge >= 0.3 is 0 Å². The van der Waals surface area contributed by atoms with Crippen LogP contribution in [-0.2, 0) is 0 Å². The highest BCUT2D eigenvalue weighted by molar-refractivity contribution is 5.84. The van der Waals surface area contributed by atoms with Crippen molar-refractivity contribution in [2.75, 3.05) is 42.7 Å². The van der Waals surface area contributed by atoms with Gasteiger partial charge in [-0.25, -0.2) is 0 Å². The summed E-state index contributed by atoms with van der Waals surface area (Å²) in [6.45, 7) is 0. The molecule has 0 saturated carbocycles. The normalized spacial score (nSPS) is 10.1. The van der Waals surface area contributed by atoms with Crippen molar-refractivity contribution in [3.8, 4) is 46.1 Å². The molecule has 0 spiro atoms. The minimum atomic E-state index is 0.287. The van der Waals surface area contributed by atoms with Gasteiger partial charge in [0.25, 0.3) is 0 Å². The van der Waals surface area contributed by atoms with Gasteiger partial charge < -0.3 is 28.4 Å². The van der Waals surface area contributed by atoms with E-state index >= 15 is 0 Å². The van der Waals surface area contributed by atoms with Gasteiger partial charge in [0.05, 0.1) is 53.8 Å². The third-order valence-corrected chi connectivity index (χ3v) is 3.35. The Labute approximate surface area is 140 Å². The molecule has 0 radical (unpaired) electrons. The number of hydrogen-bond donors (Lipinski definition) is 0. The monoisotopic (exact) mass is 336 g/mol. The van der Waals surface area contributed by atoms with Crippen LogP contribution in [0.25, 0.3) is 11.1 Å². The van der Waals surface area contributed by atoms with E-state index in [0.717, 1.165) is 0 Å². The Balaban J connectivity index is 2.84. The second-order valence-corrected chi connectivity index (χ2v) is 4.50. The van der Waals surface area contributed by atoms with E-state index in [-0.39, 0.29) is 11.8 Å². The van der Waals surface area contributed by atoms with E-state index in [4.69, 9.17) is 28.4 Å². The summed E-state index contributed by atoms with van der Waals surface area (Å²) < 4.78 is 32.1. The van der Waals surface area contributed by atoms with Crippen LogP contribution in [0.5, 0.6) is 35.0 Å². The molecular formula is C16H20N2O6. The molecule has 0 saturated heterocycles. The molecule has 8 heteroatoms. The Kier molecular flexibility index (Phi) is 5.51. The largest absolute Gasteiger partial charge is 0.496 e. The molecule has 2 aromatic heterocycles. The number of pyridine rings is 2. The van der Waals surface area contributed by atoms with Gasteiger partial charge in [-0.1, -0.05) is 0 Å². The molecule has 0 aliphatic carbocycles. The maximum atomic E-state index is 5.47. The van der Waals surface area contributed by atoms with Crippen LogP contribution in [0.2, 0.25) is 0 Å². The third kappa shape index (κ3) is 3.08. The van der Waals surface area contributed by atoms with E-state index in [2.05, 4.69) is 9.97 Å². The molecule has 0 fully saturated rings. The van der Waals surface area contributed by atoms with Gasteiger partial charge in [-0.3, -0.25) is 0 Å². The van der Waals surface area contributed by atoms with Crippen molar-refractivity contribution >= 4 is 0 Å². The maximum absolute atomic E-state index is 5.47. The Bertz CT molecular complexity index is 608. The lowest BCUT2D eigenvalue weighted by atomic mass is 10.1. The maximum Gasteiger partial charge on any atom is 0.228 e. The summed E-state index contributed by atoms with van der Waals surface area (Å²) in [5.74, 6) is 2.23. The Morgan fingerprint density at radius 1 is 0.542 bits per heavy atom. The van der Waals surface area contributed by atoms with Crippen molar-refractivity contribution in [2.24, 2.45) is 0 Å². The summed E-state index contributed by atoms with van der Waals surface area (Å²) in [4.78, 5) is 8.59. The predicted molar refractivity (Wildman–Crippen MR) is 86.8 cm³/mol. The van der Waals surface area contributed by atoms with Crippen LogP contribution in [0, 0.1) is 0 Å². The minimum absolute atomic E-state index is 0.287. The summed E-state index contributed by atoms with van der Waals surface area (Å²) in [6, 6.07) is 3.28. The highest BCUT2D eigenvalue weighted by Crippen LogP contribution is 2.48. The van der Waals surface area contributed by atoms with Crippen molar-refractivity contribution in [1.82, 2.24) is 9.97 Å². The van der Waals surface area contributed by atoms with Crippen LogP contribution in [0.3, 0.4) is 0 Å². The second kappa shape index (κ2) is 7.58. The molecule has 0 N–H and O–H groups in total. The first kappa shape index (κ1) is 17.5. The summed E-state index contributed by atoms with van der Waals surface area (Å²) in [6.07, 6.45) is 0. The van der Waals surface area contributed by atoms with Crippen molar-refractivity contribution in [3.63, 3.8) is 0 Å². The molecule has 8 nitrogen and oxygen atoms in total. The second-order valence-electron chi connectivity index (χ2n) is 4.50. The quantitative estimate of drug-likeness (QED) is 0.761. The average molecular weight is 336 g/mol. The van der Waals surface area contributed by atoms with Crippen molar-refractivity contribution in [1.29, 1.82) is 0 Å². The molecule has 24 heavy (non-hydrogen) atoms. The Morgan fingerprint density at radius 2 is 0.917 bits per heavy atom. The van der Waals surface area contributed by atoms with Gasteiger partial charge in [-0.15, -0.1) is 0 Å². The van der Waals surface area contributed by atoms with Crippen LogP contribution in [0.1, 0.15) is 0 Å². The number of hydrogen-bond acceptors (Lipinski definition) is 8. The summed E-state index contributed by atoms with van der Waals surface area (Å²) >= 11 is 0. The number of aromatic nitrogens is 2. The van der Waals surface area contributed by atoms with Crippen LogP contribution < -0.4 is 28.4 Å². The summed E-state index contributed by atoms with van der Waals surface area (Å²) in [7, 11) is 9.09. The van der Waals surface area contributed by atoms with Crippen LogP contribution in [0.4, 0.5) is 0 Å². The first-order valence-corrected chi connectivity index (χ1v) is 6.97. The molecule has 2 heterocycles. The van der Waals surface area contributed by atoms with Gasteiger partial charge in [0.1, 0.15) is 11.5 Å². The fraction of sp³-hybridized carbons (Fsp3) is 0.375. The van der Waals surface area contributed by atoms with Gasteiger partial charge in [-0.2, -0.15) is 9.97 Å². The van der Waals surface area contributed by atoms with E-state index in [1.54, 1.807) is 12.1 Å². The van der Waals surface area contributed by atoms with E-state index < -0.39 is 0 Å². The number of rotatable bonds is 7. The molecule has 2 rings (SSSR count). The summed E-state index contributed by atoms with van der Waals surface area (Å²) in [5.41, 5.74) is 1.06. The number of ether oxygens (including phenoxy) is 6. The first-order chi connectivity index (χ1) is 11.6. The highest BCUT2D eigenvalue weighted by Gasteiger charge is 2.26. The molecule has 0 aliphatic rings. The fourth-order valence-corrected chi connectivity index (χ4v) is 2.24. The summed E-state index contributed by atoms with van der Waals surface area (Å²) in [5, 5.41) is 0. The predicted octanol–water partition coefficient (Wildman–Crippen LogP) is 2.20. The van der Waals surface area contributed by atoms with Crippen LogP contribution in [0.15, 0.2) is 12.1 Å². The Morgan fingerprint density at radius 3 is 1.17 bits per heavy atom. The highest BCUT2D eigenvalue weighted by atomic mass is 16.5. The molecular weight excluding hydrogens is 316 g/mol. The smallest absolute Gasteiger partial charge is 0.228 e. The SMILES string of the molecule is COc1cc(OC)c(-c2c(OC)cc(OC)nc2OC)c(OC)n1. The number of nitrogens with zero attached hydrogens (tertiary/aromatic N) is 2. The molecule has 0 aliphatic heterocycles. The van der Waals surface area contributed by atoms with Gasteiger partial charge in [0.2, 0.25) is 23.5 Å². The van der Waals surface area contributed by atoms with E-state index in [1.807, 2.05) is 0 Å². The zero-order chi connectivity index (χ0) is 17.7. The lowest BCUT2D eigenvalue weighted by molar-refractivity contribution is 0.345. The average Bonchev–Trinajstić information content (AvgIpc) is 2.65. The van der Waals surface area contributed by atoms with E-state index in [0.29, 0.717) is 34.4 Å². The molecule has 0 unspecified atom stereocenters. The molecule has 0 atom stereocenters. The minimum Gasteiger partial charge on any atom is -0.496 e. The number of methoxy groups -OCH3 is 6. The third-order valence-electron chi connectivity index (χ3n) is 3.35. The molecule has 2 aromatic rings. The molecule has 0 amide bonds. The van der Waals surface area contributed by atoms with Crippen molar-refractivity contribution in [3.05, 3.63) is 12.1 Å². The zero-order valence-electron chi connectivity index (χ0n) is 14.5. The van der Waals surface area contributed by atoms with Crippen molar-refractivity contribution < 1.29 is 28.4 Å². The fourth-order valence-electron chi connectivity index (χ4n) is 2.24. The topological polar surface area (TPSA) is 81.2 Å².